The lowest BCUT2D eigenvalue weighted by molar-refractivity contribution is 0.00874. The van der Waals surface area contributed by atoms with Gasteiger partial charge in [0, 0.05) is 0 Å². The highest BCUT2D eigenvalue weighted by molar-refractivity contribution is 5.85. The normalized spacial score (nSPS) is 10.6. The summed E-state index contributed by atoms with van der Waals surface area (Å²) in [5.41, 5.74) is 0.184. The lowest BCUT2D eigenvalue weighted by Crippen LogP contribution is -2.07. The van der Waals surface area contributed by atoms with Crippen molar-refractivity contribution in [2.75, 3.05) is 6.61 Å². The molecule has 0 fully saturated rings. The fourth-order valence-electron chi connectivity index (χ4n) is 0.932. The number of carboxylic acid groups (broad SMARTS) is 1. The van der Waals surface area contributed by atoms with Crippen LogP contribution in [0.15, 0.2) is 18.2 Å². The van der Waals surface area contributed by atoms with Crippen LogP contribution in [-0.2, 0) is 11.3 Å². The van der Waals surface area contributed by atoms with E-state index in [4.69, 9.17) is 5.11 Å². The Hall–Kier alpha value is -1.56. The van der Waals surface area contributed by atoms with Crippen LogP contribution in [0, 0.1) is 0 Å². The maximum absolute atomic E-state index is 11.7. The summed E-state index contributed by atoms with van der Waals surface area (Å²) in [6, 6.07) is 4.31. The molecule has 0 saturated carbocycles. The number of aromatic carboxylic acids is 1. The number of rotatable bonds is 5. The summed E-state index contributed by atoms with van der Waals surface area (Å²) < 4.78 is 28.0. The Morgan fingerprint density at radius 2 is 2.27 bits per heavy atom. The number of carboxylic acids is 1. The Morgan fingerprint density at radius 3 is 2.87 bits per heavy atom. The zero-order valence-electron chi connectivity index (χ0n) is 7.69. The fourth-order valence-corrected chi connectivity index (χ4v) is 0.932. The van der Waals surface area contributed by atoms with Gasteiger partial charge in [-0.25, -0.2) is 18.6 Å². The number of pyridine rings is 1. The number of ether oxygens (including phenoxy) is 1. The largest absolute Gasteiger partial charge is 0.477 e. The van der Waals surface area contributed by atoms with Crippen LogP contribution < -0.4 is 0 Å². The molecule has 0 aromatic carbocycles. The molecule has 82 valence electrons. The van der Waals surface area contributed by atoms with Crippen molar-refractivity contribution in [2.45, 2.75) is 13.0 Å². The van der Waals surface area contributed by atoms with Crippen LogP contribution in [-0.4, -0.2) is 29.1 Å². The quantitative estimate of drug-likeness (QED) is 0.813. The zero-order valence-corrected chi connectivity index (χ0v) is 7.69. The Bertz CT molecular complexity index is 344. The highest BCUT2D eigenvalue weighted by Crippen LogP contribution is 2.02. The van der Waals surface area contributed by atoms with Gasteiger partial charge in [-0.05, 0) is 12.1 Å². The fraction of sp³-hybridized carbons (Fsp3) is 0.333. The van der Waals surface area contributed by atoms with Crippen LogP contribution >= 0.6 is 0 Å². The molecule has 0 unspecified atom stereocenters. The minimum Gasteiger partial charge on any atom is -0.477 e. The monoisotopic (exact) mass is 217 g/mol. The average molecular weight is 217 g/mol. The number of hydrogen-bond donors (Lipinski definition) is 1. The molecule has 1 aromatic rings. The number of alkyl halides is 2. The average Bonchev–Trinajstić information content (AvgIpc) is 2.17. The summed E-state index contributed by atoms with van der Waals surface area (Å²) in [5.74, 6) is -1.16. The SMILES string of the molecule is O=C(O)c1cccc(COCC(F)F)n1. The second-order valence-corrected chi connectivity index (χ2v) is 2.73. The second kappa shape index (κ2) is 5.35. The molecule has 0 saturated heterocycles. The van der Waals surface area contributed by atoms with Crippen LogP contribution in [0.5, 0.6) is 0 Å². The second-order valence-electron chi connectivity index (χ2n) is 2.73. The Labute approximate surface area is 84.5 Å². The molecule has 4 nitrogen and oxygen atoms in total. The molecule has 0 aliphatic carbocycles. The minimum atomic E-state index is -2.53. The summed E-state index contributed by atoms with van der Waals surface area (Å²) in [6.07, 6.45) is -2.53. The summed E-state index contributed by atoms with van der Waals surface area (Å²) in [5, 5.41) is 8.60. The lowest BCUT2D eigenvalue weighted by Gasteiger charge is -2.03. The van der Waals surface area contributed by atoms with E-state index in [1.807, 2.05) is 0 Å². The van der Waals surface area contributed by atoms with E-state index in [1.165, 1.54) is 18.2 Å². The topological polar surface area (TPSA) is 59.4 Å². The van der Waals surface area contributed by atoms with Crippen molar-refractivity contribution in [2.24, 2.45) is 0 Å². The molecule has 0 aliphatic heterocycles. The van der Waals surface area contributed by atoms with Crippen LogP contribution in [0.1, 0.15) is 16.2 Å². The highest BCUT2D eigenvalue weighted by Gasteiger charge is 2.06. The molecular formula is C9H9F2NO3. The molecule has 1 aromatic heterocycles. The molecule has 0 radical (unpaired) electrons. The number of halogens is 2. The van der Waals surface area contributed by atoms with Crippen molar-refractivity contribution in [1.29, 1.82) is 0 Å². The van der Waals surface area contributed by atoms with Crippen molar-refractivity contribution >= 4 is 5.97 Å². The molecule has 1 N–H and O–H groups in total. The molecule has 1 rings (SSSR count). The van der Waals surface area contributed by atoms with Crippen molar-refractivity contribution < 1.29 is 23.4 Å². The van der Waals surface area contributed by atoms with E-state index >= 15 is 0 Å². The van der Waals surface area contributed by atoms with Crippen LogP contribution in [0.3, 0.4) is 0 Å². The zero-order chi connectivity index (χ0) is 11.3. The van der Waals surface area contributed by atoms with E-state index in [-0.39, 0.29) is 12.3 Å². The predicted octanol–water partition coefficient (Wildman–Crippen LogP) is 1.56. The lowest BCUT2D eigenvalue weighted by atomic mass is 10.3. The Kier molecular flexibility index (Phi) is 4.11. The summed E-state index contributed by atoms with van der Waals surface area (Å²) >= 11 is 0. The van der Waals surface area contributed by atoms with E-state index in [9.17, 15) is 13.6 Å². The number of hydrogen-bond acceptors (Lipinski definition) is 3. The molecular weight excluding hydrogens is 208 g/mol. The molecule has 0 amide bonds. The number of nitrogens with zero attached hydrogens (tertiary/aromatic N) is 1. The van der Waals surface area contributed by atoms with Gasteiger partial charge >= 0.3 is 5.97 Å². The molecule has 0 aliphatic rings. The molecule has 0 atom stereocenters. The highest BCUT2D eigenvalue weighted by atomic mass is 19.3. The van der Waals surface area contributed by atoms with E-state index < -0.39 is 19.0 Å². The predicted molar refractivity (Wildman–Crippen MR) is 46.9 cm³/mol. The van der Waals surface area contributed by atoms with E-state index in [2.05, 4.69) is 9.72 Å². The maximum Gasteiger partial charge on any atom is 0.354 e. The van der Waals surface area contributed by atoms with Crippen LogP contribution in [0.4, 0.5) is 8.78 Å². The third-order valence-electron chi connectivity index (χ3n) is 1.52. The first-order chi connectivity index (χ1) is 7.09. The van der Waals surface area contributed by atoms with Gasteiger partial charge in [-0.1, -0.05) is 6.07 Å². The van der Waals surface area contributed by atoms with Gasteiger partial charge in [0.2, 0.25) is 0 Å². The van der Waals surface area contributed by atoms with Crippen molar-refractivity contribution in [1.82, 2.24) is 4.98 Å². The van der Waals surface area contributed by atoms with Gasteiger partial charge < -0.3 is 9.84 Å². The van der Waals surface area contributed by atoms with Gasteiger partial charge in [0.15, 0.2) is 0 Å². The standard InChI is InChI=1S/C9H9F2NO3/c10-8(11)5-15-4-6-2-1-3-7(12-6)9(13)14/h1-3,8H,4-5H2,(H,13,14). The van der Waals surface area contributed by atoms with Gasteiger partial charge in [0.1, 0.15) is 12.3 Å². The Balaban J connectivity index is 2.54. The van der Waals surface area contributed by atoms with Crippen molar-refractivity contribution in [3.05, 3.63) is 29.6 Å². The van der Waals surface area contributed by atoms with Gasteiger partial charge in [-0.3, -0.25) is 0 Å². The first kappa shape index (κ1) is 11.5. The molecule has 15 heavy (non-hydrogen) atoms. The third-order valence-corrected chi connectivity index (χ3v) is 1.52. The molecule has 0 spiro atoms. The number of aromatic nitrogens is 1. The Morgan fingerprint density at radius 1 is 1.53 bits per heavy atom. The van der Waals surface area contributed by atoms with Gasteiger partial charge in [0.05, 0.1) is 12.3 Å². The van der Waals surface area contributed by atoms with E-state index in [1.54, 1.807) is 0 Å². The van der Waals surface area contributed by atoms with E-state index in [0.717, 1.165) is 0 Å². The van der Waals surface area contributed by atoms with Crippen LogP contribution in [0.2, 0.25) is 0 Å². The van der Waals surface area contributed by atoms with Gasteiger partial charge in [-0.2, -0.15) is 0 Å². The van der Waals surface area contributed by atoms with Crippen molar-refractivity contribution in [3.63, 3.8) is 0 Å². The van der Waals surface area contributed by atoms with Gasteiger partial charge in [0.25, 0.3) is 6.43 Å². The molecule has 0 bridgehead atoms. The summed E-state index contributed by atoms with van der Waals surface area (Å²) in [4.78, 5) is 14.2. The minimum absolute atomic E-state index is 0.120. The van der Waals surface area contributed by atoms with Gasteiger partial charge in [-0.15, -0.1) is 0 Å². The third kappa shape index (κ3) is 3.99. The first-order valence-electron chi connectivity index (χ1n) is 4.14. The van der Waals surface area contributed by atoms with Crippen LogP contribution in [0.25, 0.3) is 0 Å². The van der Waals surface area contributed by atoms with Crippen molar-refractivity contribution in [3.8, 4) is 0 Å². The molecule has 1 heterocycles. The maximum atomic E-state index is 11.7. The first-order valence-corrected chi connectivity index (χ1v) is 4.14. The smallest absolute Gasteiger partial charge is 0.354 e. The summed E-state index contributed by atoms with van der Waals surface area (Å²) in [7, 11) is 0. The summed E-state index contributed by atoms with van der Waals surface area (Å²) in [6.45, 7) is -0.801. The molecule has 6 heteroatoms. The van der Waals surface area contributed by atoms with E-state index in [0.29, 0.717) is 5.69 Å². The number of carbonyl (C=O) groups is 1.